The van der Waals surface area contributed by atoms with Gasteiger partial charge in [0.05, 0.1) is 12.3 Å². The second-order valence-electron chi connectivity index (χ2n) is 8.45. The molecule has 150 valence electrons. The van der Waals surface area contributed by atoms with Gasteiger partial charge in [-0.15, -0.1) is 0 Å². The van der Waals surface area contributed by atoms with Crippen LogP contribution in [0.2, 0.25) is 0 Å². The van der Waals surface area contributed by atoms with Crippen molar-refractivity contribution in [2.75, 3.05) is 34.3 Å². The van der Waals surface area contributed by atoms with Crippen LogP contribution < -0.4 is 21.3 Å². The number of nitrogens with zero attached hydrogens (tertiary/aromatic N) is 1. The maximum atomic E-state index is 5.89. The lowest BCUT2D eigenvalue weighted by Crippen LogP contribution is -2.68. The van der Waals surface area contributed by atoms with Crippen LogP contribution in [0.15, 0.2) is 11.6 Å². The third-order valence-corrected chi connectivity index (χ3v) is 6.40. The summed E-state index contributed by atoms with van der Waals surface area (Å²) in [6.07, 6.45) is 10.5. The van der Waals surface area contributed by atoms with Crippen LogP contribution >= 0.6 is 0 Å². The van der Waals surface area contributed by atoms with Crippen LogP contribution in [-0.4, -0.2) is 69.8 Å². The van der Waals surface area contributed by atoms with Gasteiger partial charge in [0.2, 0.25) is 0 Å². The minimum Gasteiger partial charge on any atom is -0.381 e. The van der Waals surface area contributed by atoms with Crippen LogP contribution in [0.5, 0.6) is 0 Å². The maximum absolute atomic E-state index is 5.89. The molecule has 1 saturated heterocycles. The second kappa shape index (κ2) is 9.62. The first kappa shape index (κ1) is 20.2. The van der Waals surface area contributed by atoms with Gasteiger partial charge in [0, 0.05) is 31.7 Å². The molecular weight excluding hydrogens is 326 g/mol. The lowest BCUT2D eigenvalue weighted by molar-refractivity contribution is 0.0228. The summed E-state index contributed by atoms with van der Waals surface area (Å²) in [5, 5.41) is 14.5. The molecule has 0 aromatic rings. The topological polar surface area (TPSA) is 60.6 Å². The lowest BCUT2D eigenvalue weighted by Gasteiger charge is -2.42. The highest BCUT2D eigenvalue weighted by molar-refractivity contribution is 5.13. The van der Waals surface area contributed by atoms with Crippen molar-refractivity contribution in [1.29, 1.82) is 0 Å². The van der Waals surface area contributed by atoms with Gasteiger partial charge in [-0.25, -0.2) is 0 Å². The van der Waals surface area contributed by atoms with Gasteiger partial charge in [0.1, 0.15) is 6.29 Å². The van der Waals surface area contributed by atoms with Crippen LogP contribution in [0.3, 0.4) is 0 Å². The van der Waals surface area contributed by atoms with Gasteiger partial charge < -0.3 is 15.0 Å². The van der Waals surface area contributed by atoms with Gasteiger partial charge in [0.25, 0.3) is 0 Å². The molecule has 3 aliphatic rings. The smallest absolute Gasteiger partial charge is 0.113 e. The number of nitrogens with one attached hydrogen (secondary N) is 4. The van der Waals surface area contributed by atoms with Crippen LogP contribution in [0.1, 0.15) is 45.4 Å². The number of ether oxygens (including phenoxy) is 1. The van der Waals surface area contributed by atoms with Crippen molar-refractivity contribution < 1.29 is 4.74 Å². The predicted octanol–water partition coefficient (Wildman–Crippen LogP) is 1.21. The first-order chi connectivity index (χ1) is 12.6. The standard InChI is InChI=1S/C20H39N5O/c1-14-12-19(21-2)24-20(22-14)23-16-7-8-18(26-4)17(13-16)15-6-5-10-25(3)11-9-15/h9,14,16-24H,5-8,10-13H2,1-4H3. The largest absolute Gasteiger partial charge is 0.381 e. The molecule has 6 heteroatoms. The van der Waals surface area contributed by atoms with Crippen molar-refractivity contribution in [2.24, 2.45) is 5.92 Å². The molecule has 0 amide bonds. The molecule has 2 aliphatic heterocycles. The van der Waals surface area contributed by atoms with Gasteiger partial charge >= 0.3 is 0 Å². The molecule has 6 nitrogen and oxygen atoms in total. The average Bonchev–Trinajstić information content (AvgIpc) is 2.85. The third-order valence-electron chi connectivity index (χ3n) is 6.40. The van der Waals surface area contributed by atoms with Crippen molar-refractivity contribution in [2.45, 2.75) is 76.1 Å². The summed E-state index contributed by atoms with van der Waals surface area (Å²) in [5.41, 5.74) is 1.62. The van der Waals surface area contributed by atoms with Gasteiger partial charge in [-0.2, -0.15) is 0 Å². The van der Waals surface area contributed by atoms with E-state index in [-0.39, 0.29) is 6.29 Å². The Balaban J connectivity index is 1.61. The van der Waals surface area contributed by atoms with Crippen molar-refractivity contribution in [3.8, 4) is 0 Å². The number of methoxy groups -OCH3 is 1. The summed E-state index contributed by atoms with van der Waals surface area (Å²) in [6, 6.07) is 1.04. The maximum Gasteiger partial charge on any atom is 0.113 e. The van der Waals surface area contributed by atoms with E-state index in [0.717, 1.165) is 19.4 Å². The summed E-state index contributed by atoms with van der Waals surface area (Å²) in [4.78, 5) is 2.42. The van der Waals surface area contributed by atoms with Gasteiger partial charge in [-0.3, -0.25) is 16.0 Å². The van der Waals surface area contributed by atoms with Crippen molar-refractivity contribution in [3.63, 3.8) is 0 Å². The quantitative estimate of drug-likeness (QED) is 0.550. The zero-order valence-electron chi connectivity index (χ0n) is 17.1. The van der Waals surface area contributed by atoms with E-state index in [4.69, 9.17) is 4.74 Å². The van der Waals surface area contributed by atoms with Crippen LogP contribution in [-0.2, 0) is 4.74 Å². The first-order valence-corrected chi connectivity index (χ1v) is 10.4. The monoisotopic (exact) mass is 365 g/mol. The van der Waals surface area contributed by atoms with E-state index >= 15 is 0 Å². The predicted molar refractivity (Wildman–Crippen MR) is 107 cm³/mol. The molecular formula is C20H39N5O. The van der Waals surface area contributed by atoms with Crippen molar-refractivity contribution in [3.05, 3.63) is 11.6 Å². The fourth-order valence-electron chi connectivity index (χ4n) is 4.88. The number of likely N-dealkylation sites (N-methyl/N-ethyl adjacent to an activating group) is 1. The SMILES string of the molecule is CNC1CC(C)NC(NC2CCC(OC)C(C3=CCN(C)CCC3)C2)N1. The second-order valence-corrected chi connectivity index (χ2v) is 8.45. The minimum atomic E-state index is 0.176. The molecule has 0 aromatic heterocycles. The summed E-state index contributed by atoms with van der Waals surface area (Å²) in [5.74, 6) is 0.555. The van der Waals surface area contributed by atoms with E-state index in [2.05, 4.69) is 46.2 Å². The first-order valence-electron chi connectivity index (χ1n) is 10.4. The highest BCUT2D eigenvalue weighted by Gasteiger charge is 2.35. The third kappa shape index (κ3) is 5.27. The Morgan fingerprint density at radius 1 is 1.23 bits per heavy atom. The highest BCUT2D eigenvalue weighted by Crippen LogP contribution is 2.35. The molecule has 6 atom stereocenters. The molecule has 0 bridgehead atoms. The molecule has 2 heterocycles. The molecule has 4 N–H and O–H groups in total. The number of hydrogen-bond acceptors (Lipinski definition) is 6. The molecule has 6 unspecified atom stereocenters. The van der Waals surface area contributed by atoms with Crippen molar-refractivity contribution >= 4 is 0 Å². The Bertz CT molecular complexity index is 471. The summed E-state index contributed by atoms with van der Waals surface area (Å²) >= 11 is 0. The number of hydrogen-bond donors (Lipinski definition) is 4. The Hall–Kier alpha value is -0.500. The molecule has 1 saturated carbocycles. The fourth-order valence-corrected chi connectivity index (χ4v) is 4.88. The van der Waals surface area contributed by atoms with Gasteiger partial charge in [0.15, 0.2) is 0 Å². The van der Waals surface area contributed by atoms with E-state index in [0.29, 0.717) is 30.3 Å². The Morgan fingerprint density at radius 3 is 2.85 bits per heavy atom. The molecule has 2 fully saturated rings. The zero-order valence-corrected chi connectivity index (χ0v) is 17.1. The summed E-state index contributed by atoms with van der Waals surface area (Å²) in [6.45, 7) is 4.54. The van der Waals surface area contributed by atoms with Gasteiger partial charge in [-0.1, -0.05) is 11.6 Å². The Kier molecular flexibility index (Phi) is 7.49. The fraction of sp³-hybridized carbons (Fsp3) is 0.900. The molecule has 0 spiro atoms. The van der Waals surface area contributed by atoms with Crippen LogP contribution in [0.4, 0.5) is 0 Å². The molecule has 0 aromatic carbocycles. The van der Waals surface area contributed by atoms with Crippen molar-refractivity contribution in [1.82, 2.24) is 26.2 Å². The molecule has 0 radical (unpaired) electrons. The van der Waals surface area contributed by atoms with E-state index in [1.165, 1.54) is 32.2 Å². The Labute approximate surface area is 159 Å². The summed E-state index contributed by atoms with van der Waals surface area (Å²) in [7, 11) is 6.14. The average molecular weight is 366 g/mol. The lowest BCUT2D eigenvalue weighted by atomic mass is 9.77. The van der Waals surface area contributed by atoms with E-state index in [1.807, 2.05) is 14.2 Å². The normalized spacial score (nSPS) is 40.1. The van der Waals surface area contributed by atoms with E-state index in [9.17, 15) is 0 Å². The zero-order chi connectivity index (χ0) is 18.5. The van der Waals surface area contributed by atoms with Crippen LogP contribution in [0.25, 0.3) is 0 Å². The van der Waals surface area contributed by atoms with E-state index < -0.39 is 0 Å². The number of rotatable bonds is 5. The van der Waals surface area contributed by atoms with Crippen LogP contribution in [0, 0.1) is 5.92 Å². The summed E-state index contributed by atoms with van der Waals surface area (Å²) < 4.78 is 5.89. The molecule has 1 aliphatic carbocycles. The highest BCUT2D eigenvalue weighted by atomic mass is 16.5. The van der Waals surface area contributed by atoms with E-state index in [1.54, 1.807) is 5.57 Å². The Morgan fingerprint density at radius 2 is 2.08 bits per heavy atom. The molecule has 3 rings (SSSR count). The van der Waals surface area contributed by atoms with Gasteiger partial charge in [-0.05, 0) is 66.1 Å². The molecule has 26 heavy (non-hydrogen) atoms. The minimum absolute atomic E-state index is 0.176.